The molecule has 2 N–H and O–H groups in total. The summed E-state index contributed by atoms with van der Waals surface area (Å²) in [4.78, 5) is 2.44. The molecule has 0 aliphatic carbocycles. The zero-order valence-corrected chi connectivity index (χ0v) is 14.8. The van der Waals surface area contributed by atoms with Crippen LogP contribution in [-0.4, -0.2) is 43.1 Å². The van der Waals surface area contributed by atoms with Gasteiger partial charge in [-0.05, 0) is 43.8 Å². The van der Waals surface area contributed by atoms with Crippen LogP contribution >= 0.6 is 11.8 Å². The Labute approximate surface area is 134 Å². The van der Waals surface area contributed by atoms with Gasteiger partial charge in [-0.1, -0.05) is 26.0 Å². The summed E-state index contributed by atoms with van der Waals surface area (Å²) >= 11 is 1.90. The van der Waals surface area contributed by atoms with Crippen LogP contribution in [0.5, 0.6) is 5.75 Å². The third kappa shape index (κ3) is 4.90. The maximum atomic E-state index is 6.44. The minimum Gasteiger partial charge on any atom is -0.497 e. The fourth-order valence-corrected chi connectivity index (χ4v) is 3.63. The molecule has 0 saturated carbocycles. The summed E-state index contributed by atoms with van der Waals surface area (Å²) in [6, 6.07) is 9.19. The summed E-state index contributed by atoms with van der Waals surface area (Å²) in [6.07, 6.45) is 4.26. The van der Waals surface area contributed by atoms with Crippen LogP contribution < -0.4 is 10.5 Å². The van der Waals surface area contributed by atoms with Crippen LogP contribution in [0.3, 0.4) is 0 Å². The van der Waals surface area contributed by atoms with Gasteiger partial charge in [0.15, 0.2) is 0 Å². The van der Waals surface area contributed by atoms with Gasteiger partial charge in [-0.2, -0.15) is 11.8 Å². The van der Waals surface area contributed by atoms with Crippen molar-refractivity contribution in [1.82, 2.24) is 4.90 Å². The van der Waals surface area contributed by atoms with E-state index < -0.39 is 0 Å². The summed E-state index contributed by atoms with van der Waals surface area (Å²) in [7, 11) is 3.91. The SMILES string of the molecule is CCC(N)C(c1cccc(OC)c1)N(C)C(CC)CSC. The van der Waals surface area contributed by atoms with Gasteiger partial charge in [0.2, 0.25) is 0 Å². The molecule has 3 atom stereocenters. The molecule has 0 amide bonds. The van der Waals surface area contributed by atoms with E-state index in [2.05, 4.69) is 44.2 Å². The number of nitrogens with two attached hydrogens (primary N) is 1. The molecule has 0 aliphatic heterocycles. The topological polar surface area (TPSA) is 38.5 Å². The van der Waals surface area contributed by atoms with Gasteiger partial charge in [-0.15, -0.1) is 0 Å². The summed E-state index contributed by atoms with van der Waals surface area (Å²) in [5.74, 6) is 2.02. The number of likely N-dealkylation sites (N-methyl/N-ethyl adjacent to an activating group) is 1. The maximum Gasteiger partial charge on any atom is 0.119 e. The van der Waals surface area contributed by atoms with E-state index in [1.165, 1.54) is 5.56 Å². The van der Waals surface area contributed by atoms with Gasteiger partial charge in [-0.25, -0.2) is 0 Å². The summed E-state index contributed by atoms with van der Waals surface area (Å²) < 4.78 is 5.37. The first-order valence-electron chi connectivity index (χ1n) is 7.69. The molecule has 0 radical (unpaired) electrons. The molecular weight excluding hydrogens is 280 g/mol. The molecule has 1 aromatic carbocycles. The molecule has 0 spiro atoms. The van der Waals surface area contributed by atoms with Crippen molar-refractivity contribution in [2.24, 2.45) is 5.73 Å². The van der Waals surface area contributed by atoms with E-state index in [0.717, 1.165) is 24.3 Å². The van der Waals surface area contributed by atoms with E-state index in [1.54, 1.807) is 7.11 Å². The Morgan fingerprint density at radius 3 is 2.52 bits per heavy atom. The largest absolute Gasteiger partial charge is 0.497 e. The van der Waals surface area contributed by atoms with E-state index in [-0.39, 0.29) is 12.1 Å². The number of rotatable bonds is 9. The van der Waals surface area contributed by atoms with Crippen molar-refractivity contribution >= 4 is 11.8 Å². The first-order valence-corrected chi connectivity index (χ1v) is 9.08. The molecule has 4 heteroatoms. The highest BCUT2D eigenvalue weighted by molar-refractivity contribution is 7.98. The lowest BCUT2D eigenvalue weighted by Gasteiger charge is -2.38. The molecule has 1 aromatic rings. The monoisotopic (exact) mass is 310 g/mol. The van der Waals surface area contributed by atoms with Crippen LogP contribution in [0.15, 0.2) is 24.3 Å². The van der Waals surface area contributed by atoms with Gasteiger partial charge in [0.1, 0.15) is 5.75 Å². The summed E-state index contributed by atoms with van der Waals surface area (Å²) in [5, 5.41) is 0. The lowest BCUT2D eigenvalue weighted by Crippen LogP contribution is -2.44. The minimum absolute atomic E-state index is 0.123. The van der Waals surface area contributed by atoms with E-state index in [9.17, 15) is 0 Å². The van der Waals surface area contributed by atoms with Crippen molar-refractivity contribution in [3.63, 3.8) is 0 Å². The fourth-order valence-electron chi connectivity index (χ4n) is 2.78. The molecule has 0 aromatic heterocycles. The van der Waals surface area contributed by atoms with Crippen LogP contribution in [0, 0.1) is 0 Å². The van der Waals surface area contributed by atoms with Crippen molar-refractivity contribution < 1.29 is 4.74 Å². The third-order valence-electron chi connectivity index (χ3n) is 4.16. The van der Waals surface area contributed by atoms with Crippen LogP contribution in [0.25, 0.3) is 0 Å². The molecule has 1 rings (SSSR count). The Kier molecular flexibility index (Phi) is 8.15. The highest BCUT2D eigenvalue weighted by Crippen LogP contribution is 2.29. The van der Waals surface area contributed by atoms with Gasteiger partial charge in [0, 0.05) is 17.8 Å². The fraction of sp³-hybridized carbons (Fsp3) is 0.647. The lowest BCUT2D eigenvalue weighted by molar-refractivity contribution is 0.157. The van der Waals surface area contributed by atoms with Crippen LogP contribution in [0.1, 0.15) is 38.3 Å². The summed E-state index contributed by atoms with van der Waals surface area (Å²) in [6.45, 7) is 4.40. The number of methoxy groups -OCH3 is 1. The second-order valence-electron chi connectivity index (χ2n) is 5.48. The predicted octanol–water partition coefficient (Wildman–Crippen LogP) is 3.55. The zero-order valence-electron chi connectivity index (χ0n) is 14.0. The van der Waals surface area contributed by atoms with Gasteiger partial charge in [0.25, 0.3) is 0 Å². The lowest BCUT2D eigenvalue weighted by atomic mass is 9.95. The molecule has 0 bridgehead atoms. The average Bonchev–Trinajstić information content (AvgIpc) is 2.52. The van der Waals surface area contributed by atoms with Crippen molar-refractivity contribution in [3.05, 3.63) is 29.8 Å². The number of nitrogens with zero attached hydrogens (tertiary/aromatic N) is 1. The first-order chi connectivity index (χ1) is 10.1. The Hall–Kier alpha value is -0.710. The maximum absolute atomic E-state index is 6.44. The molecular formula is C17H30N2OS. The number of thioether (sulfide) groups is 1. The minimum atomic E-state index is 0.123. The molecule has 3 unspecified atom stereocenters. The van der Waals surface area contributed by atoms with Gasteiger partial charge >= 0.3 is 0 Å². The quantitative estimate of drug-likeness (QED) is 0.757. The van der Waals surface area contributed by atoms with Crippen LogP contribution in [0.4, 0.5) is 0 Å². The Morgan fingerprint density at radius 1 is 1.29 bits per heavy atom. The second-order valence-corrected chi connectivity index (χ2v) is 6.39. The highest BCUT2D eigenvalue weighted by atomic mass is 32.2. The smallest absolute Gasteiger partial charge is 0.119 e. The van der Waals surface area contributed by atoms with Crippen LogP contribution in [-0.2, 0) is 0 Å². The number of hydrogen-bond donors (Lipinski definition) is 1. The highest BCUT2D eigenvalue weighted by Gasteiger charge is 2.27. The Balaban J connectivity index is 3.09. The average molecular weight is 311 g/mol. The molecule has 3 nitrogen and oxygen atoms in total. The van der Waals surface area contributed by atoms with Crippen molar-refractivity contribution in [2.75, 3.05) is 26.2 Å². The normalized spacial score (nSPS) is 15.8. The van der Waals surface area contributed by atoms with Crippen molar-refractivity contribution in [2.45, 2.75) is 44.8 Å². The Morgan fingerprint density at radius 2 is 2.00 bits per heavy atom. The first kappa shape index (κ1) is 18.3. The van der Waals surface area contributed by atoms with Gasteiger partial charge in [0.05, 0.1) is 13.2 Å². The van der Waals surface area contributed by atoms with Crippen molar-refractivity contribution in [3.8, 4) is 5.75 Å². The number of ether oxygens (including phenoxy) is 1. The number of hydrogen-bond acceptors (Lipinski definition) is 4. The standard InChI is InChI=1S/C17H30N2OS/c1-6-14(12-21-5)19(3)17(16(18)7-2)13-9-8-10-15(11-13)20-4/h8-11,14,16-17H,6-7,12,18H2,1-5H3. The molecule has 120 valence electrons. The van der Waals surface area contributed by atoms with E-state index in [0.29, 0.717) is 6.04 Å². The van der Waals surface area contributed by atoms with Gasteiger partial charge < -0.3 is 10.5 Å². The molecule has 0 saturated heterocycles. The molecule has 0 fully saturated rings. The Bertz CT molecular complexity index is 414. The molecule has 0 heterocycles. The third-order valence-corrected chi connectivity index (χ3v) is 4.88. The number of benzene rings is 1. The van der Waals surface area contributed by atoms with Crippen molar-refractivity contribution in [1.29, 1.82) is 0 Å². The summed E-state index contributed by atoms with van der Waals surface area (Å²) in [5.41, 5.74) is 7.68. The predicted molar refractivity (Wildman–Crippen MR) is 94.2 cm³/mol. The zero-order chi connectivity index (χ0) is 15.8. The molecule has 0 aliphatic rings. The van der Waals surface area contributed by atoms with E-state index >= 15 is 0 Å². The van der Waals surface area contributed by atoms with Crippen LogP contribution in [0.2, 0.25) is 0 Å². The van der Waals surface area contributed by atoms with Gasteiger partial charge in [-0.3, -0.25) is 4.90 Å². The second kappa shape index (κ2) is 9.34. The van der Waals surface area contributed by atoms with E-state index in [4.69, 9.17) is 10.5 Å². The van der Waals surface area contributed by atoms with E-state index in [1.807, 2.05) is 23.9 Å². The molecule has 21 heavy (non-hydrogen) atoms.